The number of halogens is 1. The van der Waals surface area contributed by atoms with Gasteiger partial charge in [-0.3, -0.25) is 19.7 Å². The number of amides is 2. The van der Waals surface area contributed by atoms with Crippen LogP contribution in [0.5, 0.6) is 0 Å². The van der Waals surface area contributed by atoms with Gasteiger partial charge in [-0.1, -0.05) is 25.4 Å². The molecule has 0 aliphatic carbocycles. The van der Waals surface area contributed by atoms with Gasteiger partial charge in [0.2, 0.25) is 5.91 Å². The number of carbonyl (C=O) groups is 2. The Labute approximate surface area is 144 Å². The highest BCUT2D eigenvalue weighted by molar-refractivity contribution is 6.34. The van der Waals surface area contributed by atoms with Gasteiger partial charge in [-0.2, -0.15) is 0 Å². The number of carbonyl (C=O) groups excluding carboxylic acids is 2. The SMILES string of the molecule is CC(O)CNC(=O)C(NC(=O)c1ccc([N+](=O)[O-])cc1Cl)C(C)C. The number of benzene rings is 1. The molecule has 0 bridgehead atoms. The molecule has 9 heteroatoms. The van der Waals surface area contributed by atoms with Crippen LogP contribution in [-0.4, -0.2) is 40.5 Å². The summed E-state index contributed by atoms with van der Waals surface area (Å²) in [5.41, 5.74) is -0.192. The third-order valence-electron chi connectivity index (χ3n) is 3.22. The van der Waals surface area contributed by atoms with Crippen molar-refractivity contribution in [1.82, 2.24) is 10.6 Å². The van der Waals surface area contributed by atoms with E-state index in [1.807, 2.05) is 0 Å². The zero-order valence-electron chi connectivity index (χ0n) is 13.6. The van der Waals surface area contributed by atoms with Gasteiger partial charge in [0.05, 0.1) is 21.6 Å². The molecule has 0 fully saturated rings. The van der Waals surface area contributed by atoms with Gasteiger partial charge in [-0.25, -0.2) is 0 Å². The van der Waals surface area contributed by atoms with Crippen molar-refractivity contribution in [1.29, 1.82) is 0 Å². The highest BCUT2D eigenvalue weighted by Gasteiger charge is 2.26. The van der Waals surface area contributed by atoms with E-state index in [-0.39, 0.29) is 28.7 Å². The summed E-state index contributed by atoms with van der Waals surface area (Å²) < 4.78 is 0. The number of nitrogens with one attached hydrogen (secondary N) is 2. The van der Waals surface area contributed by atoms with E-state index in [0.29, 0.717) is 0 Å². The van der Waals surface area contributed by atoms with E-state index in [2.05, 4.69) is 10.6 Å². The Balaban J connectivity index is 2.89. The fraction of sp³-hybridized carbons (Fsp3) is 0.467. The van der Waals surface area contributed by atoms with Crippen molar-refractivity contribution in [3.05, 3.63) is 38.9 Å². The smallest absolute Gasteiger partial charge is 0.270 e. The molecular formula is C15H20ClN3O5. The number of nitro benzene ring substituents is 1. The summed E-state index contributed by atoms with van der Waals surface area (Å²) >= 11 is 5.91. The molecule has 1 aromatic rings. The highest BCUT2D eigenvalue weighted by atomic mass is 35.5. The van der Waals surface area contributed by atoms with Crippen LogP contribution < -0.4 is 10.6 Å². The van der Waals surface area contributed by atoms with Crippen LogP contribution in [-0.2, 0) is 4.79 Å². The first kappa shape index (κ1) is 19.9. The normalized spacial score (nSPS) is 13.2. The van der Waals surface area contributed by atoms with Crippen molar-refractivity contribution in [2.24, 2.45) is 5.92 Å². The largest absolute Gasteiger partial charge is 0.392 e. The molecule has 0 saturated carbocycles. The van der Waals surface area contributed by atoms with E-state index >= 15 is 0 Å². The van der Waals surface area contributed by atoms with E-state index in [9.17, 15) is 24.8 Å². The summed E-state index contributed by atoms with van der Waals surface area (Å²) in [6.45, 7) is 5.10. The lowest BCUT2D eigenvalue weighted by Gasteiger charge is -2.22. The number of hydrogen-bond acceptors (Lipinski definition) is 5. The van der Waals surface area contributed by atoms with E-state index in [4.69, 9.17) is 11.6 Å². The monoisotopic (exact) mass is 357 g/mol. The average Bonchev–Trinajstić information content (AvgIpc) is 2.49. The second-order valence-electron chi connectivity index (χ2n) is 5.71. The molecule has 0 spiro atoms. The predicted octanol–water partition coefficient (Wildman–Crippen LogP) is 1.50. The minimum atomic E-state index is -0.831. The molecule has 0 radical (unpaired) electrons. The summed E-state index contributed by atoms with van der Waals surface area (Å²) in [6, 6.07) is 2.65. The second kappa shape index (κ2) is 8.60. The quantitative estimate of drug-likeness (QED) is 0.504. The van der Waals surface area contributed by atoms with Gasteiger partial charge < -0.3 is 15.7 Å². The van der Waals surface area contributed by atoms with Crippen molar-refractivity contribution in [3.8, 4) is 0 Å². The number of aliphatic hydroxyl groups is 1. The highest BCUT2D eigenvalue weighted by Crippen LogP contribution is 2.22. The van der Waals surface area contributed by atoms with Crippen molar-refractivity contribution >= 4 is 29.1 Å². The molecule has 132 valence electrons. The zero-order valence-corrected chi connectivity index (χ0v) is 14.3. The molecule has 0 aliphatic rings. The molecule has 1 rings (SSSR count). The molecule has 2 amide bonds. The van der Waals surface area contributed by atoms with Gasteiger partial charge in [0.15, 0.2) is 0 Å². The van der Waals surface area contributed by atoms with Gasteiger partial charge in [0.25, 0.3) is 11.6 Å². The summed E-state index contributed by atoms with van der Waals surface area (Å²) in [4.78, 5) is 34.5. The molecular weight excluding hydrogens is 338 g/mol. The number of rotatable bonds is 7. The van der Waals surface area contributed by atoms with E-state index in [1.165, 1.54) is 19.1 Å². The fourth-order valence-electron chi connectivity index (χ4n) is 1.91. The van der Waals surface area contributed by atoms with E-state index in [0.717, 1.165) is 6.07 Å². The van der Waals surface area contributed by atoms with E-state index < -0.39 is 28.9 Å². The summed E-state index contributed by atoms with van der Waals surface area (Å²) in [6.07, 6.45) is -0.707. The molecule has 3 N–H and O–H groups in total. The molecule has 1 aromatic carbocycles. The summed E-state index contributed by atoms with van der Waals surface area (Å²) in [5.74, 6) is -1.25. The summed E-state index contributed by atoms with van der Waals surface area (Å²) in [7, 11) is 0. The standard InChI is InChI=1S/C15H20ClN3O5/c1-8(2)13(15(22)17-7-9(3)20)18-14(21)11-5-4-10(19(23)24)6-12(11)16/h4-6,8-9,13,20H,7H2,1-3H3,(H,17,22)(H,18,21). The van der Waals surface area contributed by atoms with E-state index in [1.54, 1.807) is 13.8 Å². The maximum atomic E-state index is 12.3. The van der Waals surface area contributed by atoms with Crippen LogP contribution in [0.1, 0.15) is 31.1 Å². The Morgan fingerprint density at radius 1 is 1.33 bits per heavy atom. The lowest BCUT2D eigenvalue weighted by atomic mass is 10.0. The van der Waals surface area contributed by atoms with Gasteiger partial charge in [0, 0.05) is 18.7 Å². The third-order valence-corrected chi connectivity index (χ3v) is 3.53. The zero-order chi connectivity index (χ0) is 18.4. The minimum absolute atomic E-state index is 0.0382. The lowest BCUT2D eigenvalue weighted by molar-refractivity contribution is -0.384. The van der Waals surface area contributed by atoms with Gasteiger partial charge in [-0.05, 0) is 18.9 Å². The Kier molecular flexibility index (Phi) is 7.12. The molecule has 24 heavy (non-hydrogen) atoms. The molecule has 2 atom stereocenters. The van der Waals surface area contributed by atoms with Crippen LogP contribution >= 0.6 is 11.6 Å². The predicted molar refractivity (Wildman–Crippen MR) is 88.9 cm³/mol. The van der Waals surface area contributed by atoms with Gasteiger partial charge >= 0.3 is 0 Å². The topological polar surface area (TPSA) is 122 Å². The Hall–Kier alpha value is -2.19. The Morgan fingerprint density at radius 3 is 2.42 bits per heavy atom. The second-order valence-corrected chi connectivity index (χ2v) is 6.12. The summed E-state index contributed by atoms with van der Waals surface area (Å²) in [5, 5.41) is 24.9. The maximum absolute atomic E-state index is 12.3. The third kappa shape index (κ3) is 5.47. The molecule has 0 saturated heterocycles. The number of hydrogen-bond donors (Lipinski definition) is 3. The van der Waals surface area contributed by atoms with Crippen LogP contribution in [0.2, 0.25) is 5.02 Å². The first-order chi connectivity index (χ1) is 11.1. The molecule has 8 nitrogen and oxygen atoms in total. The van der Waals surface area contributed by atoms with Crippen molar-refractivity contribution in [2.75, 3.05) is 6.54 Å². The fourth-order valence-corrected chi connectivity index (χ4v) is 2.17. The number of aliphatic hydroxyl groups excluding tert-OH is 1. The van der Waals surface area contributed by atoms with Crippen LogP contribution in [0.25, 0.3) is 0 Å². The average molecular weight is 358 g/mol. The number of nitrogens with zero attached hydrogens (tertiary/aromatic N) is 1. The van der Waals surface area contributed by atoms with Crippen molar-refractivity contribution in [3.63, 3.8) is 0 Å². The molecule has 0 heterocycles. The minimum Gasteiger partial charge on any atom is -0.392 e. The Morgan fingerprint density at radius 2 is 1.96 bits per heavy atom. The van der Waals surface area contributed by atoms with Crippen molar-refractivity contribution < 1.29 is 19.6 Å². The Bertz CT molecular complexity index is 634. The molecule has 0 aliphatic heterocycles. The molecule has 0 aromatic heterocycles. The van der Waals surface area contributed by atoms with Gasteiger partial charge in [-0.15, -0.1) is 0 Å². The van der Waals surface area contributed by atoms with Gasteiger partial charge in [0.1, 0.15) is 6.04 Å². The maximum Gasteiger partial charge on any atom is 0.270 e. The lowest BCUT2D eigenvalue weighted by Crippen LogP contribution is -2.50. The molecule has 2 unspecified atom stereocenters. The van der Waals surface area contributed by atoms with Crippen LogP contribution in [0.3, 0.4) is 0 Å². The van der Waals surface area contributed by atoms with Crippen LogP contribution in [0.15, 0.2) is 18.2 Å². The first-order valence-corrected chi connectivity index (χ1v) is 7.71. The van der Waals surface area contributed by atoms with Crippen LogP contribution in [0.4, 0.5) is 5.69 Å². The van der Waals surface area contributed by atoms with Crippen molar-refractivity contribution in [2.45, 2.75) is 32.9 Å². The first-order valence-electron chi connectivity index (χ1n) is 7.34. The number of nitro groups is 1. The number of non-ortho nitro benzene ring substituents is 1. The van der Waals surface area contributed by atoms with Crippen LogP contribution in [0, 0.1) is 16.0 Å².